The Balaban J connectivity index is 1.99. The molecule has 0 saturated carbocycles. The molecule has 1 heterocycles. The van der Waals surface area contributed by atoms with E-state index in [2.05, 4.69) is 22.2 Å². The van der Waals surface area contributed by atoms with Crippen molar-refractivity contribution >= 4 is 11.6 Å². The summed E-state index contributed by atoms with van der Waals surface area (Å²) >= 11 is 6.14. The van der Waals surface area contributed by atoms with Crippen LogP contribution in [0.5, 0.6) is 0 Å². The highest BCUT2D eigenvalue weighted by Gasteiger charge is 2.08. The molecule has 1 atom stereocenters. The van der Waals surface area contributed by atoms with E-state index in [1.54, 1.807) is 12.4 Å². The highest BCUT2D eigenvalue weighted by molar-refractivity contribution is 6.31. The van der Waals surface area contributed by atoms with Crippen molar-refractivity contribution in [2.24, 2.45) is 0 Å². The van der Waals surface area contributed by atoms with Crippen LogP contribution < -0.4 is 5.32 Å². The van der Waals surface area contributed by atoms with E-state index in [-0.39, 0.29) is 6.04 Å². The maximum Gasteiger partial charge on any atom is 0.115 e. The van der Waals surface area contributed by atoms with Crippen LogP contribution in [0.4, 0.5) is 0 Å². The zero-order valence-corrected chi connectivity index (χ0v) is 10.4. The van der Waals surface area contributed by atoms with E-state index in [1.165, 1.54) is 6.33 Å². The van der Waals surface area contributed by atoms with Gasteiger partial charge in [-0.25, -0.2) is 9.97 Å². The summed E-state index contributed by atoms with van der Waals surface area (Å²) in [4.78, 5) is 7.95. The molecule has 0 unspecified atom stereocenters. The number of nitrogens with zero attached hydrogens (tertiary/aromatic N) is 2. The molecule has 0 aliphatic carbocycles. The number of nitrogens with one attached hydrogen (secondary N) is 1. The van der Waals surface area contributed by atoms with Crippen molar-refractivity contribution in [3.05, 3.63) is 59.1 Å². The van der Waals surface area contributed by atoms with Gasteiger partial charge in [0, 0.05) is 35.6 Å². The largest absolute Gasteiger partial charge is 0.306 e. The van der Waals surface area contributed by atoms with Crippen LogP contribution >= 0.6 is 11.6 Å². The van der Waals surface area contributed by atoms with Gasteiger partial charge in [0.15, 0.2) is 0 Å². The topological polar surface area (TPSA) is 37.8 Å². The summed E-state index contributed by atoms with van der Waals surface area (Å²) in [5, 5.41) is 4.18. The zero-order chi connectivity index (χ0) is 12.1. The summed E-state index contributed by atoms with van der Waals surface area (Å²) in [6.07, 6.45) is 5.14. The van der Waals surface area contributed by atoms with Crippen molar-refractivity contribution in [1.29, 1.82) is 0 Å². The molecule has 1 aromatic heterocycles. The van der Waals surface area contributed by atoms with Gasteiger partial charge >= 0.3 is 0 Å². The molecule has 1 N–H and O–H groups in total. The fourth-order valence-electron chi connectivity index (χ4n) is 1.63. The molecule has 1 aromatic carbocycles. The molecule has 0 aliphatic heterocycles. The molecule has 0 saturated heterocycles. The normalized spacial score (nSPS) is 12.4. The minimum atomic E-state index is 0.198. The predicted octanol–water partition coefficient (Wildman–Crippen LogP) is 2.98. The SMILES string of the molecule is C[C@H](NCc1cncnc1)c1ccccc1Cl. The molecule has 17 heavy (non-hydrogen) atoms. The van der Waals surface area contributed by atoms with Crippen LogP contribution in [-0.4, -0.2) is 9.97 Å². The molecule has 2 aromatic rings. The molecule has 3 nitrogen and oxygen atoms in total. The van der Waals surface area contributed by atoms with Gasteiger partial charge in [0.05, 0.1) is 0 Å². The molecular weight excluding hydrogens is 234 g/mol. The lowest BCUT2D eigenvalue weighted by Crippen LogP contribution is -2.18. The number of halogens is 1. The van der Waals surface area contributed by atoms with Gasteiger partial charge in [-0.2, -0.15) is 0 Å². The average molecular weight is 248 g/mol. The standard InChI is InChI=1S/C13H14ClN3/c1-10(12-4-2-3-5-13(12)14)17-8-11-6-15-9-16-7-11/h2-7,9-10,17H,8H2,1H3/t10-/m0/s1. The highest BCUT2D eigenvalue weighted by Crippen LogP contribution is 2.22. The molecule has 2 rings (SSSR count). The van der Waals surface area contributed by atoms with Gasteiger partial charge in [-0.1, -0.05) is 29.8 Å². The Hall–Kier alpha value is -1.45. The van der Waals surface area contributed by atoms with Crippen LogP contribution in [0.15, 0.2) is 43.0 Å². The van der Waals surface area contributed by atoms with Gasteiger partial charge in [-0.3, -0.25) is 0 Å². The lowest BCUT2D eigenvalue weighted by Gasteiger charge is -2.15. The lowest BCUT2D eigenvalue weighted by atomic mass is 10.1. The van der Waals surface area contributed by atoms with Crippen molar-refractivity contribution < 1.29 is 0 Å². The lowest BCUT2D eigenvalue weighted by molar-refractivity contribution is 0.573. The first-order valence-electron chi connectivity index (χ1n) is 5.49. The van der Waals surface area contributed by atoms with Crippen LogP contribution in [0.1, 0.15) is 24.1 Å². The van der Waals surface area contributed by atoms with Gasteiger partial charge in [-0.05, 0) is 18.6 Å². The second kappa shape index (κ2) is 5.75. The first kappa shape index (κ1) is 12.0. The quantitative estimate of drug-likeness (QED) is 0.903. The Labute approximate surface area is 106 Å². The van der Waals surface area contributed by atoms with Gasteiger partial charge in [0.25, 0.3) is 0 Å². The average Bonchev–Trinajstić information content (AvgIpc) is 2.38. The molecule has 0 spiro atoms. The first-order valence-corrected chi connectivity index (χ1v) is 5.87. The van der Waals surface area contributed by atoms with E-state index in [0.29, 0.717) is 0 Å². The van der Waals surface area contributed by atoms with E-state index in [4.69, 9.17) is 11.6 Å². The second-order valence-corrected chi connectivity index (χ2v) is 4.28. The van der Waals surface area contributed by atoms with E-state index in [1.807, 2.05) is 24.3 Å². The Bertz CT molecular complexity index is 473. The van der Waals surface area contributed by atoms with Crippen molar-refractivity contribution in [1.82, 2.24) is 15.3 Å². The molecule has 0 amide bonds. The minimum Gasteiger partial charge on any atom is -0.306 e. The van der Waals surface area contributed by atoms with Crippen LogP contribution in [0.2, 0.25) is 5.02 Å². The van der Waals surface area contributed by atoms with E-state index in [9.17, 15) is 0 Å². The highest BCUT2D eigenvalue weighted by atomic mass is 35.5. The second-order valence-electron chi connectivity index (χ2n) is 3.87. The third kappa shape index (κ3) is 3.25. The number of rotatable bonds is 4. The maximum atomic E-state index is 6.14. The van der Waals surface area contributed by atoms with Crippen molar-refractivity contribution in [2.45, 2.75) is 19.5 Å². The first-order chi connectivity index (χ1) is 8.27. The molecule has 4 heteroatoms. The molecule has 0 aliphatic rings. The molecule has 0 fully saturated rings. The molecular formula is C13H14ClN3. The predicted molar refractivity (Wildman–Crippen MR) is 68.7 cm³/mol. The summed E-state index contributed by atoms with van der Waals surface area (Å²) in [6, 6.07) is 8.06. The van der Waals surface area contributed by atoms with Gasteiger partial charge in [0.1, 0.15) is 6.33 Å². The molecule has 0 radical (unpaired) electrons. The summed E-state index contributed by atoms with van der Waals surface area (Å²) in [5.41, 5.74) is 2.16. The summed E-state index contributed by atoms with van der Waals surface area (Å²) in [7, 11) is 0. The Kier molecular flexibility index (Phi) is 4.07. The van der Waals surface area contributed by atoms with Crippen LogP contribution in [0.3, 0.4) is 0 Å². The summed E-state index contributed by atoms with van der Waals surface area (Å²) in [6.45, 7) is 2.82. The summed E-state index contributed by atoms with van der Waals surface area (Å²) in [5.74, 6) is 0. The number of benzene rings is 1. The fraction of sp³-hybridized carbons (Fsp3) is 0.231. The molecule has 0 bridgehead atoms. The van der Waals surface area contributed by atoms with Crippen LogP contribution in [-0.2, 0) is 6.54 Å². The number of hydrogen-bond donors (Lipinski definition) is 1. The molecule has 88 valence electrons. The van der Waals surface area contributed by atoms with E-state index in [0.717, 1.165) is 22.7 Å². The van der Waals surface area contributed by atoms with Crippen molar-refractivity contribution in [3.8, 4) is 0 Å². The fourth-order valence-corrected chi connectivity index (χ4v) is 1.93. The van der Waals surface area contributed by atoms with Gasteiger partial charge in [0.2, 0.25) is 0 Å². The van der Waals surface area contributed by atoms with Crippen molar-refractivity contribution in [2.75, 3.05) is 0 Å². The van der Waals surface area contributed by atoms with Crippen LogP contribution in [0.25, 0.3) is 0 Å². The Morgan fingerprint density at radius 2 is 1.94 bits per heavy atom. The van der Waals surface area contributed by atoms with E-state index >= 15 is 0 Å². The number of aromatic nitrogens is 2. The Morgan fingerprint density at radius 1 is 1.24 bits per heavy atom. The monoisotopic (exact) mass is 247 g/mol. The van der Waals surface area contributed by atoms with Gasteiger partial charge in [-0.15, -0.1) is 0 Å². The van der Waals surface area contributed by atoms with Crippen LogP contribution in [0, 0.1) is 0 Å². The summed E-state index contributed by atoms with van der Waals surface area (Å²) < 4.78 is 0. The van der Waals surface area contributed by atoms with Crippen molar-refractivity contribution in [3.63, 3.8) is 0 Å². The minimum absolute atomic E-state index is 0.198. The smallest absolute Gasteiger partial charge is 0.115 e. The third-order valence-corrected chi connectivity index (χ3v) is 2.94. The zero-order valence-electron chi connectivity index (χ0n) is 9.60. The third-order valence-electron chi connectivity index (χ3n) is 2.60. The van der Waals surface area contributed by atoms with E-state index < -0.39 is 0 Å². The number of hydrogen-bond acceptors (Lipinski definition) is 3. The maximum absolute atomic E-state index is 6.14. The van der Waals surface area contributed by atoms with Gasteiger partial charge < -0.3 is 5.32 Å². The Morgan fingerprint density at radius 3 is 2.65 bits per heavy atom.